The zero-order valence-electron chi connectivity index (χ0n) is 14.5. The van der Waals surface area contributed by atoms with Gasteiger partial charge in [0, 0.05) is 24.8 Å². The first-order chi connectivity index (χ1) is 10.0. The van der Waals surface area contributed by atoms with Gasteiger partial charge >= 0.3 is 5.97 Å². The van der Waals surface area contributed by atoms with Gasteiger partial charge in [-0.2, -0.15) is 0 Å². The van der Waals surface area contributed by atoms with Gasteiger partial charge in [0.05, 0.1) is 6.61 Å². The number of hydrogen-bond donors (Lipinski definition) is 0. The number of benzene rings is 1. The minimum Gasteiger partial charge on any atom is -0.466 e. The third kappa shape index (κ3) is 9.83. The van der Waals surface area contributed by atoms with Crippen LogP contribution in [0.5, 0.6) is 0 Å². The second-order valence-electron chi connectivity index (χ2n) is 4.31. The molecule has 0 aliphatic rings. The highest BCUT2D eigenvalue weighted by Gasteiger charge is 2.09. The van der Waals surface area contributed by atoms with E-state index in [4.69, 9.17) is 4.74 Å². The molecular weight excluding hydrogens is 264 g/mol. The van der Waals surface area contributed by atoms with Crippen LogP contribution in [0.2, 0.25) is 0 Å². The van der Waals surface area contributed by atoms with Gasteiger partial charge in [0.2, 0.25) is 0 Å². The molecule has 1 rings (SSSR count). The first-order valence-electron chi connectivity index (χ1n) is 7.77. The Morgan fingerprint density at radius 2 is 1.48 bits per heavy atom. The number of esters is 1. The monoisotopic (exact) mass is 294 g/mol. The minimum absolute atomic E-state index is 0.0156. The van der Waals surface area contributed by atoms with Crippen LogP contribution >= 0.6 is 0 Å². The summed E-state index contributed by atoms with van der Waals surface area (Å²) in [5.41, 5.74) is 1.79. The topological polar surface area (TPSA) is 43.4 Å². The van der Waals surface area contributed by atoms with Gasteiger partial charge in [0.1, 0.15) is 0 Å². The lowest BCUT2D eigenvalue weighted by Gasteiger charge is -2.06. The van der Waals surface area contributed by atoms with Crippen LogP contribution < -0.4 is 0 Å². The van der Waals surface area contributed by atoms with Gasteiger partial charge in [-0.05, 0) is 5.56 Å². The Hall–Kier alpha value is -1.64. The van der Waals surface area contributed by atoms with E-state index < -0.39 is 0 Å². The van der Waals surface area contributed by atoms with E-state index in [-0.39, 0.29) is 17.7 Å². The average molecular weight is 294 g/mol. The molecule has 21 heavy (non-hydrogen) atoms. The highest BCUT2D eigenvalue weighted by molar-refractivity contribution is 5.97. The maximum absolute atomic E-state index is 11.7. The molecule has 3 nitrogen and oxygen atoms in total. The third-order valence-electron chi connectivity index (χ3n) is 2.46. The third-order valence-corrected chi connectivity index (χ3v) is 2.46. The van der Waals surface area contributed by atoms with Crippen molar-refractivity contribution in [2.24, 2.45) is 5.92 Å². The second-order valence-corrected chi connectivity index (χ2v) is 4.31. The van der Waals surface area contributed by atoms with Crippen LogP contribution in [-0.4, -0.2) is 18.4 Å². The van der Waals surface area contributed by atoms with Crippen molar-refractivity contribution in [3.63, 3.8) is 0 Å². The molecule has 120 valence electrons. The lowest BCUT2D eigenvalue weighted by Crippen LogP contribution is -2.07. The molecule has 0 atom stereocenters. The molecule has 1 aromatic rings. The molecule has 0 spiro atoms. The minimum atomic E-state index is -0.267. The van der Waals surface area contributed by atoms with Gasteiger partial charge in [-0.15, -0.1) is 0 Å². The van der Waals surface area contributed by atoms with Crippen LogP contribution in [-0.2, 0) is 16.0 Å². The Morgan fingerprint density at radius 3 is 1.86 bits per heavy atom. The molecular formula is C18H30O3. The fourth-order valence-electron chi connectivity index (χ4n) is 1.48. The zero-order chi connectivity index (χ0) is 16.8. The van der Waals surface area contributed by atoms with E-state index in [1.807, 2.05) is 65.8 Å². The van der Waals surface area contributed by atoms with Crippen LogP contribution in [0.15, 0.2) is 24.3 Å². The van der Waals surface area contributed by atoms with E-state index in [1.54, 1.807) is 0 Å². The van der Waals surface area contributed by atoms with Crippen molar-refractivity contribution < 1.29 is 14.3 Å². The van der Waals surface area contributed by atoms with Gasteiger partial charge < -0.3 is 4.74 Å². The molecule has 0 saturated carbocycles. The van der Waals surface area contributed by atoms with Crippen molar-refractivity contribution in [1.29, 1.82) is 0 Å². The maximum Gasteiger partial charge on any atom is 0.302 e. The normalized spacial score (nSPS) is 8.95. The summed E-state index contributed by atoms with van der Waals surface area (Å²) in [5.74, 6) is -0.102. The SMILES string of the molecule is CC.CC.CC(=O)OCCc1ccc(C(=O)C(C)C)cc1. The number of ether oxygens (including phenoxy) is 1. The summed E-state index contributed by atoms with van der Waals surface area (Å²) in [6.07, 6.45) is 0.676. The van der Waals surface area contributed by atoms with Crippen molar-refractivity contribution in [3.8, 4) is 0 Å². The first kappa shape index (κ1) is 21.7. The van der Waals surface area contributed by atoms with Gasteiger partial charge in [0.25, 0.3) is 0 Å². The molecule has 3 heteroatoms. The molecule has 0 heterocycles. The molecule has 0 amide bonds. The zero-order valence-corrected chi connectivity index (χ0v) is 14.5. The molecule has 0 unspecified atom stereocenters. The quantitative estimate of drug-likeness (QED) is 0.585. The number of carbonyl (C=O) groups is 2. The number of ketones is 1. The van der Waals surface area contributed by atoms with Crippen LogP contribution in [0, 0.1) is 5.92 Å². The van der Waals surface area contributed by atoms with E-state index in [2.05, 4.69) is 0 Å². The molecule has 0 aliphatic carbocycles. The summed E-state index contributed by atoms with van der Waals surface area (Å²) < 4.78 is 4.86. The standard InChI is InChI=1S/C14H18O3.2C2H6/c1-10(2)14(16)13-6-4-12(5-7-13)8-9-17-11(3)15;2*1-2/h4-7,10H,8-9H2,1-3H3;2*1-2H3. The molecule has 0 N–H and O–H groups in total. The average Bonchev–Trinajstić information content (AvgIpc) is 2.51. The molecule has 0 aliphatic heterocycles. The summed E-state index contributed by atoms with van der Waals surface area (Å²) in [7, 11) is 0. The predicted octanol–water partition coefficient (Wildman–Crippen LogP) is 4.68. The van der Waals surface area contributed by atoms with Gasteiger partial charge in [-0.3, -0.25) is 9.59 Å². The largest absolute Gasteiger partial charge is 0.466 e. The smallest absolute Gasteiger partial charge is 0.302 e. The fraction of sp³-hybridized carbons (Fsp3) is 0.556. The van der Waals surface area contributed by atoms with Crippen molar-refractivity contribution in [1.82, 2.24) is 0 Å². The lowest BCUT2D eigenvalue weighted by molar-refractivity contribution is -0.140. The molecule has 1 aromatic carbocycles. The van der Waals surface area contributed by atoms with Crippen molar-refractivity contribution in [2.45, 2.75) is 54.9 Å². The Kier molecular flexibility index (Phi) is 13.8. The molecule has 0 bridgehead atoms. The Labute approximate surface area is 129 Å². The van der Waals surface area contributed by atoms with E-state index in [0.29, 0.717) is 13.0 Å². The van der Waals surface area contributed by atoms with Gasteiger partial charge in [0.15, 0.2) is 5.78 Å². The molecule has 0 aromatic heterocycles. The summed E-state index contributed by atoms with van der Waals surface area (Å²) in [5, 5.41) is 0. The van der Waals surface area contributed by atoms with Crippen LogP contribution in [0.4, 0.5) is 0 Å². The Balaban J connectivity index is 0. The van der Waals surface area contributed by atoms with E-state index in [1.165, 1.54) is 6.92 Å². The van der Waals surface area contributed by atoms with Gasteiger partial charge in [-0.25, -0.2) is 0 Å². The van der Waals surface area contributed by atoms with E-state index >= 15 is 0 Å². The molecule has 0 radical (unpaired) electrons. The van der Waals surface area contributed by atoms with Gasteiger partial charge in [-0.1, -0.05) is 65.8 Å². The first-order valence-corrected chi connectivity index (χ1v) is 7.77. The van der Waals surface area contributed by atoms with Crippen molar-refractivity contribution in [2.75, 3.05) is 6.61 Å². The fourth-order valence-corrected chi connectivity index (χ4v) is 1.48. The predicted molar refractivity (Wildman–Crippen MR) is 88.6 cm³/mol. The number of carbonyl (C=O) groups excluding carboxylic acids is 2. The number of Topliss-reactive ketones (excluding diaryl/α,β-unsaturated/α-hetero) is 1. The summed E-state index contributed by atoms with van der Waals surface area (Å²) in [6.45, 7) is 13.5. The number of hydrogen-bond acceptors (Lipinski definition) is 3. The Morgan fingerprint density at radius 1 is 1.00 bits per heavy atom. The van der Waals surface area contributed by atoms with Crippen LogP contribution in [0.3, 0.4) is 0 Å². The Bertz CT molecular complexity index is 391. The number of rotatable bonds is 5. The van der Waals surface area contributed by atoms with E-state index in [9.17, 15) is 9.59 Å². The second kappa shape index (κ2) is 13.3. The van der Waals surface area contributed by atoms with Crippen LogP contribution in [0.1, 0.15) is 64.4 Å². The highest BCUT2D eigenvalue weighted by Crippen LogP contribution is 2.10. The van der Waals surface area contributed by atoms with Crippen molar-refractivity contribution >= 4 is 11.8 Å². The highest BCUT2D eigenvalue weighted by atomic mass is 16.5. The molecule has 0 fully saturated rings. The van der Waals surface area contributed by atoms with Crippen LogP contribution in [0.25, 0.3) is 0 Å². The summed E-state index contributed by atoms with van der Waals surface area (Å²) >= 11 is 0. The summed E-state index contributed by atoms with van der Waals surface area (Å²) in [6, 6.07) is 7.45. The summed E-state index contributed by atoms with van der Waals surface area (Å²) in [4.78, 5) is 22.3. The van der Waals surface area contributed by atoms with E-state index in [0.717, 1.165) is 11.1 Å². The van der Waals surface area contributed by atoms with Crippen molar-refractivity contribution in [3.05, 3.63) is 35.4 Å². The maximum atomic E-state index is 11.7. The molecule has 0 saturated heterocycles. The lowest BCUT2D eigenvalue weighted by atomic mass is 9.99.